The van der Waals surface area contributed by atoms with Gasteiger partial charge in [0, 0.05) is 27.8 Å². The zero-order chi connectivity index (χ0) is 36.1. The van der Waals surface area contributed by atoms with Gasteiger partial charge in [0.2, 0.25) is 0 Å². The van der Waals surface area contributed by atoms with Crippen LogP contribution in [0.15, 0.2) is 152 Å². The molecule has 4 aliphatic carbocycles. The first kappa shape index (κ1) is 32.5. The highest BCUT2D eigenvalue weighted by molar-refractivity contribution is 5.87. The second-order valence-corrected chi connectivity index (χ2v) is 15.8. The van der Waals surface area contributed by atoms with Crippen LogP contribution in [0.2, 0.25) is 0 Å². The molecule has 4 nitrogen and oxygen atoms in total. The van der Waals surface area contributed by atoms with E-state index < -0.39 is 0 Å². The maximum absolute atomic E-state index is 10.8. The second kappa shape index (κ2) is 13.3. The van der Waals surface area contributed by atoms with Crippen LogP contribution in [-0.2, 0) is 5.41 Å². The van der Waals surface area contributed by atoms with Crippen molar-refractivity contribution in [1.29, 1.82) is 5.26 Å². The van der Waals surface area contributed by atoms with Crippen LogP contribution in [0.4, 0.5) is 0 Å². The molecule has 1 heterocycles. The minimum Gasteiger partial charge on any atom is -0.208 e. The second-order valence-electron chi connectivity index (χ2n) is 15.8. The van der Waals surface area contributed by atoms with Gasteiger partial charge in [-0.15, -0.1) is 0 Å². The highest BCUT2D eigenvalue weighted by Gasteiger charge is 2.51. The number of nitrogens with zero attached hydrogens (tertiary/aromatic N) is 4. The predicted octanol–water partition coefficient (Wildman–Crippen LogP) is 12.2. The molecular weight excluding hydrogens is 657 g/mol. The Morgan fingerprint density at radius 2 is 0.870 bits per heavy atom. The van der Waals surface area contributed by atoms with Crippen molar-refractivity contribution < 1.29 is 0 Å². The summed E-state index contributed by atoms with van der Waals surface area (Å²) in [5.74, 6) is 4.43. The van der Waals surface area contributed by atoms with Gasteiger partial charge in [0.05, 0.1) is 5.56 Å². The van der Waals surface area contributed by atoms with E-state index in [0.29, 0.717) is 28.5 Å². The van der Waals surface area contributed by atoms with Gasteiger partial charge in [-0.25, -0.2) is 15.0 Å². The molecule has 0 N–H and O–H groups in total. The molecule has 6 aromatic carbocycles. The third-order valence-electron chi connectivity index (χ3n) is 12.3. The molecule has 0 spiro atoms. The smallest absolute Gasteiger partial charge is 0.164 e. The Morgan fingerprint density at radius 1 is 0.426 bits per heavy atom. The van der Waals surface area contributed by atoms with Crippen LogP contribution in [0, 0.1) is 29.1 Å². The SMILES string of the molecule is N#Cc1c(-c2ccccc2)cc(-c2nc(-c3ccccc3)nc(-c3cccc(-c4ccccc4)c3)n2)cc1-c1ccc(C23C[C@H]4C[C@@H](C2)C[C@@H](C3)C4)cc1. The molecule has 0 saturated heterocycles. The number of hydrogen-bond donors (Lipinski definition) is 0. The van der Waals surface area contributed by atoms with Crippen molar-refractivity contribution in [2.24, 2.45) is 17.8 Å². The topological polar surface area (TPSA) is 62.5 Å². The minimum atomic E-state index is 0.315. The van der Waals surface area contributed by atoms with Crippen LogP contribution >= 0.6 is 0 Å². The van der Waals surface area contributed by atoms with Crippen LogP contribution < -0.4 is 0 Å². The van der Waals surface area contributed by atoms with Crippen LogP contribution in [-0.4, -0.2) is 15.0 Å². The van der Waals surface area contributed by atoms with E-state index in [2.05, 4.69) is 103 Å². The summed E-state index contributed by atoms with van der Waals surface area (Å²) >= 11 is 0. The van der Waals surface area contributed by atoms with E-state index >= 15 is 0 Å². The number of nitriles is 1. The number of aromatic nitrogens is 3. The van der Waals surface area contributed by atoms with Crippen molar-refractivity contribution in [1.82, 2.24) is 15.0 Å². The van der Waals surface area contributed by atoms with Crippen molar-refractivity contribution in [3.8, 4) is 73.6 Å². The van der Waals surface area contributed by atoms with E-state index in [1.807, 2.05) is 54.6 Å². The molecule has 0 unspecified atom stereocenters. The highest BCUT2D eigenvalue weighted by atomic mass is 15.0. The molecule has 4 fully saturated rings. The third kappa shape index (κ3) is 5.91. The first-order valence-electron chi connectivity index (χ1n) is 19.3. The summed E-state index contributed by atoms with van der Waals surface area (Å²) < 4.78 is 0. The summed E-state index contributed by atoms with van der Waals surface area (Å²) in [5.41, 5.74) is 11.1. The van der Waals surface area contributed by atoms with Gasteiger partial charge in [0.1, 0.15) is 6.07 Å². The molecule has 0 atom stereocenters. The Bertz CT molecular complexity index is 2480. The van der Waals surface area contributed by atoms with Crippen molar-refractivity contribution in [2.75, 3.05) is 0 Å². The minimum absolute atomic E-state index is 0.315. The number of benzene rings is 6. The summed E-state index contributed by atoms with van der Waals surface area (Å²) in [5, 5.41) is 10.8. The molecule has 1 aromatic heterocycles. The van der Waals surface area contributed by atoms with E-state index in [9.17, 15) is 5.26 Å². The summed E-state index contributed by atoms with van der Waals surface area (Å²) in [7, 11) is 0. The van der Waals surface area contributed by atoms with Crippen molar-refractivity contribution in [3.63, 3.8) is 0 Å². The molecule has 11 rings (SSSR count). The molecule has 4 bridgehead atoms. The molecule has 54 heavy (non-hydrogen) atoms. The van der Waals surface area contributed by atoms with Crippen molar-refractivity contribution in [2.45, 2.75) is 43.9 Å². The van der Waals surface area contributed by atoms with E-state index in [-0.39, 0.29) is 0 Å². The molecule has 4 aliphatic rings. The quantitative estimate of drug-likeness (QED) is 0.166. The van der Waals surface area contributed by atoms with Crippen LogP contribution in [0.5, 0.6) is 0 Å². The Balaban J connectivity index is 1.13. The van der Waals surface area contributed by atoms with E-state index in [0.717, 1.165) is 67.8 Å². The maximum Gasteiger partial charge on any atom is 0.164 e. The summed E-state index contributed by atoms with van der Waals surface area (Å²) in [6.45, 7) is 0. The molecule has 0 amide bonds. The first-order chi connectivity index (χ1) is 26.6. The third-order valence-corrected chi connectivity index (χ3v) is 12.3. The molecule has 4 saturated carbocycles. The molecule has 4 heteroatoms. The largest absolute Gasteiger partial charge is 0.208 e. The van der Waals surface area contributed by atoms with Crippen LogP contribution in [0.25, 0.3) is 67.5 Å². The Labute approximate surface area is 317 Å². The Hall–Kier alpha value is -6.18. The molecule has 7 aromatic rings. The average Bonchev–Trinajstić information content (AvgIpc) is 3.23. The summed E-state index contributed by atoms with van der Waals surface area (Å²) in [4.78, 5) is 15.3. The predicted molar refractivity (Wildman–Crippen MR) is 217 cm³/mol. The van der Waals surface area contributed by atoms with Crippen LogP contribution in [0.1, 0.15) is 49.7 Å². The Morgan fingerprint density at radius 3 is 1.43 bits per heavy atom. The first-order valence-corrected chi connectivity index (χ1v) is 19.3. The van der Waals surface area contributed by atoms with E-state index in [1.54, 1.807) is 0 Å². The zero-order valence-electron chi connectivity index (χ0n) is 30.2. The van der Waals surface area contributed by atoms with Gasteiger partial charge in [-0.2, -0.15) is 5.26 Å². The van der Waals surface area contributed by atoms with Gasteiger partial charge in [0.25, 0.3) is 0 Å². The van der Waals surface area contributed by atoms with Crippen molar-refractivity contribution >= 4 is 0 Å². The van der Waals surface area contributed by atoms with Crippen LogP contribution in [0.3, 0.4) is 0 Å². The Kier molecular flexibility index (Phi) is 8.02. The van der Waals surface area contributed by atoms with Crippen molar-refractivity contribution in [3.05, 3.63) is 163 Å². The van der Waals surface area contributed by atoms with Gasteiger partial charge < -0.3 is 0 Å². The standard InChI is InChI=1S/C50H40N4/c51-32-46-44(37-13-6-2-7-14-37)27-42(28-45(46)38-19-21-43(22-20-38)50-29-33-23-34(30-50)25-35(24-33)31-50)49-53-47(39-15-8-3-9-16-39)52-48(54-49)41-18-10-17-40(26-41)36-11-4-1-5-12-36/h1-22,26-28,33-35H,23-25,29-31H2/t33-,34+,35-,50?. The lowest BCUT2D eigenvalue weighted by Gasteiger charge is -2.57. The fraction of sp³-hybridized carbons (Fsp3) is 0.200. The molecular formula is C50H40N4. The molecule has 260 valence electrons. The lowest BCUT2D eigenvalue weighted by atomic mass is 9.48. The lowest BCUT2D eigenvalue weighted by molar-refractivity contribution is -0.00518. The molecule has 0 radical (unpaired) electrons. The fourth-order valence-electron chi connectivity index (χ4n) is 10.3. The maximum atomic E-state index is 10.8. The fourth-order valence-corrected chi connectivity index (χ4v) is 10.3. The number of hydrogen-bond acceptors (Lipinski definition) is 4. The molecule has 0 aliphatic heterocycles. The van der Waals surface area contributed by atoms with Gasteiger partial charge in [0.15, 0.2) is 17.5 Å². The van der Waals surface area contributed by atoms with Gasteiger partial charge >= 0.3 is 0 Å². The monoisotopic (exact) mass is 696 g/mol. The summed E-state index contributed by atoms with van der Waals surface area (Å²) in [6, 6.07) is 55.1. The highest BCUT2D eigenvalue weighted by Crippen LogP contribution is 2.60. The van der Waals surface area contributed by atoms with E-state index in [1.165, 1.54) is 44.1 Å². The number of rotatable bonds is 7. The average molecular weight is 697 g/mol. The van der Waals surface area contributed by atoms with Gasteiger partial charge in [-0.1, -0.05) is 133 Å². The normalized spacial score (nSPS) is 21.1. The lowest BCUT2D eigenvalue weighted by Crippen LogP contribution is -2.48. The van der Waals surface area contributed by atoms with Gasteiger partial charge in [-0.3, -0.25) is 0 Å². The zero-order valence-corrected chi connectivity index (χ0v) is 30.2. The van der Waals surface area contributed by atoms with Gasteiger partial charge in [-0.05, 0) is 108 Å². The summed E-state index contributed by atoms with van der Waals surface area (Å²) in [6.07, 6.45) is 8.28. The van der Waals surface area contributed by atoms with E-state index in [4.69, 9.17) is 15.0 Å².